The molecule has 0 amide bonds. The second-order valence-electron chi connectivity index (χ2n) is 6.39. The van der Waals surface area contributed by atoms with Crippen LogP contribution in [0.2, 0.25) is 0 Å². The molecule has 0 saturated carbocycles. The van der Waals surface area contributed by atoms with Gasteiger partial charge in [-0.1, -0.05) is 66.7 Å². The van der Waals surface area contributed by atoms with Crippen molar-refractivity contribution in [1.29, 1.82) is 0 Å². The van der Waals surface area contributed by atoms with Gasteiger partial charge in [-0.15, -0.1) is 0 Å². The van der Waals surface area contributed by atoms with Crippen LogP contribution in [0.5, 0.6) is 0 Å². The topological polar surface area (TPSA) is 54.4 Å². The lowest BCUT2D eigenvalue weighted by molar-refractivity contribution is 0.483. The second kappa shape index (κ2) is 4.91. The van der Waals surface area contributed by atoms with Crippen LogP contribution in [-0.4, -0.2) is 13.0 Å². The maximum Gasteiger partial charge on any atom is 0.295 e. The fourth-order valence-corrected chi connectivity index (χ4v) is 4.83. The van der Waals surface area contributed by atoms with E-state index in [9.17, 15) is 13.0 Å². The van der Waals surface area contributed by atoms with Gasteiger partial charge in [-0.25, -0.2) is 0 Å². The fourth-order valence-electron chi connectivity index (χ4n) is 3.84. The van der Waals surface area contributed by atoms with Crippen molar-refractivity contribution in [2.75, 3.05) is 0 Å². The highest BCUT2D eigenvalue weighted by atomic mass is 32.2. The molecule has 1 aliphatic rings. The van der Waals surface area contributed by atoms with E-state index in [1.807, 2.05) is 66.7 Å². The summed E-state index contributed by atoms with van der Waals surface area (Å²) in [4.78, 5) is 0.0672. The predicted molar refractivity (Wildman–Crippen MR) is 99.5 cm³/mol. The molecule has 3 nitrogen and oxygen atoms in total. The number of hydrogen-bond acceptors (Lipinski definition) is 2. The van der Waals surface area contributed by atoms with Gasteiger partial charge in [0.05, 0.1) is 0 Å². The lowest BCUT2D eigenvalue weighted by atomic mass is 9.94. The van der Waals surface area contributed by atoms with E-state index < -0.39 is 10.1 Å². The van der Waals surface area contributed by atoms with E-state index in [0.29, 0.717) is 12.0 Å². The summed E-state index contributed by atoms with van der Waals surface area (Å²) in [5.41, 5.74) is 3.19. The van der Waals surface area contributed by atoms with Crippen molar-refractivity contribution in [3.8, 4) is 11.1 Å². The summed E-state index contributed by atoms with van der Waals surface area (Å²) in [6, 6.07) is 21.5. The minimum Gasteiger partial charge on any atom is -0.282 e. The van der Waals surface area contributed by atoms with Gasteiger partial charge in [-0.2, -0.15) is 8.42 Å². The molecule has 5 rings (SSSR count). The van der Waals surface area contributed by atoms with Crippen molar-refractivity contribution in [3.63, 3.8) is 0 Å². The molecule has 4 aromatic rings. The number of hydrogen-bond donors (Lipinski definition) is 1. The van der Waals surface area contributed by atoms with Gasteiger partial charge in [0.1, 0.15) is 4.90 Å². The molecule has 0 aliphatic heterocycles. The zero-order chi connectivity index (χ0) is 17.2. The lowest BCUT2D eigenvalue weighted by Crippen LogP contribution is -2.02. The number of fused-ring (bicyclic) bond motifs is 4. The first-order chi connectivity index (χ1) is 12.1. The molecule has 0 heterocycles. The first-order valence-electron chi connectivity index (χ1n) is 8.08. The molecule has 0 saturated heterocycles. The highest BCUT2D eigenvalue weighted by Gasteiger charge is 2.34. The Morgan fingerprint density at radius 3 is 2.12 bits per heavy atom. The highest BCUT2D eigenvalue weighted by Crippen LogP contribution is 2.48. The summed E-state index contributed by atoms with van der Waals surface area (Å²) >= 11 is 0. The Bertz CT molecular complexity index is 1280. The monoisotopic (exact) mass is 346 g/mol. The van der Waals surface area contributed by atoms with Crippen molar-refractivity contribution >= 4 is 31.7 Å². The van der Waals surface area contributed by atoms with Crippen LogP contribution in [-0.2, 0) is 16.5 Å². The Morgan fingerprint density at radius 2 is 1.36 bits per heavy atom. The molecule has 1 aliphatic carbocycles. The van der Waals surface area contributed by atoms with Gasteiger partial charge < -0.3 is 0 Å². The van der Waals surface area contributed by atoms with E-state index >= 15 is 0 Å². The van der Waals surface area contributed by atoms with Crippen LogP contribution in [0.4, 0.5) is 0 Å². The molecule has 0 spiro atoms. The molecule has 0 radical (unpaired) electrons. The summed E-state index contributed by atoms with van der Waals surface area (Å²) in [5, 5.41) is 3.94. The average molecular weight is 346 g/mol. The minimum absolute atomic E-state index is 0.0672. The van der Waals surface area contributed by atoms with Crippen LogP contribution in [0.25, 0.3) is 32.7 Å². The largest absolute Gasteiger partial charge is 0.295 e. The van der Waals surface area contributed by atoms with Crippen LogP contribution in [0.15, 0.2) is 71.6 Å². The van der Waals surface area contributed by atoms with Crippen LogP contribution in [0.1, 0.15) is 11.1 Å². The molecule has 1 N–H and O–H groups in total. The zero-order valence-electron chi connectivity index (χ0n) is 13.2. The van der Waals surface area contributed by atoms with Gasteiger partial charge in [0, 0.05) is 12.0 Å². The molecule has 0 unspecified atom stereocenters. The standard InChI is InChI=1S/C21H14O3S/c22-25(23,24)21-19-12-18(19)15-9-3-4-10-17(15)20(21)16-11-5-7-13-6-1-2-8-14(13)16/h1-11H,12H2,(H,22,23,24). The van der Waals surface area contributed by atoms with E-state index in [-0.39, 0.29) is 4.90 Å². The van der Waals surface area contributed by atoms with E-state index in [2.05, 4.69) is 0 Å². The van der Waals surface area contributed by atoms with Gasteiger partial charge in [-0.05, 0) is 38.2 Å². The van der Waals surface area contributed by atoms with Gasteiger partial charge >= 0.3 is 0 Å². The Balaban J connectivity index is 2.03. The van der Waals surface area contributed by atoms with Gasteiger partial charge in [0.2, 0.25) is 0 Å². The van der Waals surface area contributed by atoms with E-state index in [1.54, 1.807) is 0 Å². The third-order valence-electron chi connectivity index (χ3n) is 4.93. The number of benzene rings is 4. The molecule has 0 bridgehead atoms. The lowest BCUT2D eigenvalue weighted by Gasteiger charge is -2.13. The maximum absolute atomic E-state index is 12.2. The first kappa shape index (κ1) is 14.6. The van der Waals surface area contributed by atoms with Crippen LogP contribution < -0.4 is 0 Å². The molecule has 0 atom stereocenters. The molecule has 4 heteroatoms. The third kappa shape index (κ3) is 2.11. The van der Waals surface area contributed by atoms with E-state index in [1.165, 1.54) is 0 Å². The normalized spacial score (nSPS) is 13.2. The Kier molecular flexibility index (Phi) is 2.87. The van der Waals surface area contributed by atoms with Crippen LogP contribution >= 0.6 is 0 Å². The van der Waals surface area contributed by atoms with Gasteiger partial charge in [0.25, 0.3) is 10.1 Å². The maximum atomic E-state index is 12.2. The Labute approximate surface area is 145 Å². The fraction of sp³-hybridized carbons (Fsp3) is 0.0476. The summed E-state index contributed by atoms with van der Waals surface area (Å²) in [6.07, 6.45) is 0.612. The molecular formula is C21H14O3S. The molecular weight excluding hydrogens is 332 g/mol. The van der Waals surface area contributed by atoms with Crippen LogP contribution in [0, 0.1) is 0 Å². The number of rotatable bonds is 2. The zero-order valence-corrected chi connectivity index (χ0v) is 14.0. The summed E-state index contributed by atoms with van der Waals surface area (Å²) < 4.78 is 34.4. The van der Waals surface area contributed by atoms with Crippen molar-refractivity contribution in [3.05, 3.63) is 77.9 Å². The third-order valence-corrected chi connectivity index (χ3v) is 5.90. The van der Waals surface area contributed by atoms with Crippen molar-refractivity contribution in [2.24, 2.45) is 0 Å². The van der Waals surface area contributed by atoms with Crippen molar-refractivity contribution in [2.45, 2.75) is 11.3 Å². The molecule has 25 heavy (non-hydrogen) atoms. The van der Waals surface area contributed by atoms with Gasteiger partial charge in [0.15, 0.2) is 0 Å². The molecule has 122 valence electrons. The molecule has 4 aromatic carbocycles. The molecule has 0 aromatic heterocycles. The first-order valence-corrected chi connectivity index (χ1v) is 9.52. The molecule has 0 fully saturated rings. The summed E-state index contributed by atoms with van der Waals surface area (Å²) in [6.45, 7) is 0. The quantitative estimate of drug-likeness (QED) is 0.467. The smallest absolute Gasteiger partial charge is 0.282 e. The van der Waals surface area contributed by atoms with E-state index in [4.69, 9.17) is 0 Å². The van der Waals surface area contributed by atoms with Gasteiger partial charge in [-0.3, -0.25) is 4.55 Å². The second-order valence-corrected chi connectivity index (χ2v) is 7.74. The SMILES string of the molecule is O=S(=O)(O)c1c2c(c3ccccc3c1-c1cccc3ccccc13)C2. The summed E-state index contributed by atoms with van der Waals surface area (Å²) in [7, 11) is -4.32. The van der Waals surface area contributed by atoms with Crippen LogP contribution in [0.3, 0.4) is 0 Å². The van der Waals surface area contributed by atoms with E-state index in [0.717, 1.165) is 38.2 Å². The predicted octanol–water partition coefficient (Wildman–Crippen LogP) is 4.81. The minimum atomic E-state index is -4.32. The van der Waals surface area contributed by atoms with Crippen molar-refractivity contribution in [1.82, 2.24) is 0 Å². The average Bonchev–Trinajstić information content (AvgIpc) is 3.39. The van der Waals surface area contributed by atoms with Crippen molar-refractivity contribution < 1.29 is 13.0 Å². The Morgan fingerprint density at radius 1 is 0.720 bits per heavy atom. The highest BCUT2D eigenvalue weighted by molar-refractivity contribution is 7.86. The Hall–Kier alpha value is -2.69. The summed E-state index contributed by atoms with van der Waals surface area (Å²) in [5.74, 6) is 0.